The van der Waals surface area contributed by atoms with Gasteiger partial charge in [0, 0.05) is 42.5 Å². The van der Waals surface area contributed by atoms with Gasteiger partial charge in [-0.05, 0) is 76.1 Å². The van der Waals surface area contributed by atoms with Gasteiger partial charge in [0.1, 0.15) is 5.75 Å². The highest BCUT2D eigenvalue weighted by molar-refractivity contribution is 5.86. The van der Waals surface area contributed by atoms with Crippen LogP contribution in [0.1, 0.15) is 75.9 Å². The van der Waals surface area contributed by atoms with Crippen molar-refractivity contribution in [2.75, 3.05) is 24.6 Å². The van der Waals surface area contributed by atoms with Gasteiger partial charge < -0.3 is 19.5 Å². The first-order valence-corrected chi connectivity index (χ1v) is 14.3. The highest BCUT2D eigenvalue weighted by Gasteiger charge is 2.35. The van der Waals surface area contributed by atoms with Gasteiger partial charge in [-0.25, -0.2) is 4.79 Å². The van der Waals surface area contributed by atoms with Crippen LogP contribution < -0.4 is 9.64 Å². The Labute approximate surface area is 239 Å². The molecule has 0 bridgehead atoms. The molecule has 1 saturated heterocycles. The van der Waals surface area contributed by atoms with Gasteiger partial charge in [-0.15, -0.1) is 0 Å². The molecule has 0 spiro atoms. The molecule has 0 unspecified atom stereocenters. The average molecular weight is 545 g/mol. The van der Waals surface area contributed by atoms with E-state index in [0.717, 1.165) is 54.9 Å². The number of piperidine rings is 1. The maximum Gasteiger partial charge on any atom is 0.337 e. The number of nitrogens with zero attached hydrogens (tertiary/aromatic N) is 2. The molecule has 0 saturated carbocycles. The topological polar surface area (TPSA) is 71.9 Å². The molecule has 4 rings (SSSR count). The van der Waals surface area contributed by atoms with Crippen molar-refractivity contribution in [3.8, 4) is 16.9 Å². The Morgan fingerprint density at radius 1 is 1.07 bits per heavy atom. The van der Waals surface area contributed by atoms with Gasteiger partial charge >= 0.3 is 5.97 Å². The molecule has 3 aromatic rings. The number of hydrogen-bond acceptors (Lipinski definition) is 5. The normalized spacial score (nSPS) is 16.0. The minimum absolute atomic E-state index is 0.254. The molecule has 0 radical (unpaired) electrons. The van der Waals surface area contributed by atoms with Crippen molar-refractivity contribution < 1.29 is 19.4 Å². The van der Waals surface area contributed by atoms with Crippen molar-refractivity contribution in [3.63, 3.8) is 0 Å². The van der Waals surface area contributed by atoms with Gasteiger partial charge in [-0.1, -0.05) is 55.8 Å². The Bertz CT molecular complexity index is 1310. The molecule has 6 nitrogen and oxygen atoms in total. The van der Waals surface area contributed by atoms with E-state index in [1.54, 1.807) is 0 Å². The molecular weight excluding hydrogens is 500 g/mol. The third kappa shape index (κ3) is 7.42. The number of hydrogen-bond donors (Lipinski definition) is 1. The third-order valence-electron chi connectivity index (χ3n) is 7.59. The van der Waals surface area contributed by atoms with Crippen LogP contribution in [0.5, 0.6) is 5.75 Å². The zero-order chi connectivity index (χ0) is 29.1. The van der Waals surface area contributed by atoms with E-state index in [1.807, 2.05) is 58.2 Å². The first-order chi connectivity index (χ1) is 18.8. The number of rotatable bonds is 9. The van der Waals surface area contributed by atoms with Gasteiger partial charge in [-0.2, -0.15) is 0 Å². The SMILES string of the molecule is Cc1cccc(CCOc2ccc(-c3cnc(C)c([C@H](OC(C)(C)C)C(=O)O)c3N3CCC(C)(C)CC3)cc2)c1. The number of benzene rings is 2. The highest BCUT2D eigenvalue weighted by Crippen LogP contribution is 2.43. The number of anilines is 1. The quantitative estimate of drug-likeness (QED) is 0.300. The fourth-order valence-corrected chi connectivity index (χ4v) is 5.28. The number of carboxylic acid groups (broad SMARTS) is 1. The molecule has 0 aliphatic carbocycles. The number of carboxylic acids is 1. The fraction of sp³-hybridized carbons (Fsp3) is 0.471. The maximum atomic E-state index is 12.6. The van der Waals surface area contributed by atoms with Gasteiger partial charge in [0.25, 0.3) is 0 Å². The van der Waals surface area contributed by atoms with Gasteiger partial charge in [0.15, 0.2) is 6.10 Å². The summed E-state index contributed by atoms with van der Waals surface area (Å²) in [7, 11) is 0. The van der Waals surface area contributed by atoms with E-state index in [0.29, 0.717) is 17.9 Å². The molecule has 1 aromatic heterocycles. The summed E-state index contributed by atoms with van der Waals surface area (Å²) >= 11 is 0. The first-order valence-electron chi connectivity index (χ1n) is 14.3. The summed E-state index contributed by atoms with van der Waals surface area (Å²) in [6, 6.07) is 16.5. The second-order valence-electron chi connectivity index (χ2n) is 12.7. The van der Waals surface area contributed by atoms with E-state index in [9.17, 15) is 9.90 Å². The minimum atomic E-state index is -1.12. The molecule has 1 atom stereocenters. The number of aliphatic carboxylic acids is 1. The van der Waals surface area contributed by atoms with Crippen LogP contribution in [0.3, 0.4) is 0 Å². The molecule has 1 N–H and O–H groups in total. The molecule has 2 heterocycles. The van der Waals surface area contributed by atoms with Crippen molar-refractivity contribution in [1.29, 1.82) is 0 Å². The zero-order valence-electron chi connectivity index (χ0n) is 25.1. The predicted molar refractivity (Wildman–Crippen MR) is 161 cm³/mol. The first kappa shape index (κ1) is 29.6. The zero-order valence-corrected chi connectivity index (χ0v) is 25.1. The summed E-state index contributed by atoms with van der Waals surface area (Å²) in [6.45, 7) is 16.5. The Kier molecular flexibility index (Phi) is 8.89. The van der Waals surface area contributed by atoms with Gasteiger partial charge in [0.05, 0.1) is 17.9 Å². The molecule has 0 amide bonds. The summed E-state index contributed by atoms with van der Waals surface area (Å²) in [5, 5.41) is 10.3. The largest absolute Gasteiger partial charge is 0.493 e. The van der Waals surface area contributed by atoms with Crippen LogP contribution in [0.25, 0.3) is 11.1 Å². The van der Waals surface area contributed by atoms with E-state index in [2.05, 4.69) is 54.9 Å². The van der Waals surface area contributed by atoms with Crippen LogP contribution in [0.2, 0.25) is 0 Å². The summed E-state index contributed by atoms with van der Waals surface area (Å²) in [4.78, 5) is 19.6. The van der Waals surface area contributed by atoms with Crippen LogP contribution in [0.4, 0.5) is 5.69 Å². The van der Waals surface area contributed by atoms with Crippen molar-refractivity contribution >= 4 is 11.7 Å². The summed E-state index contributed by atoms with van der Waals surface area (Å²) in [5.41, 5.74) is 6.24. The summed E-state index contributed by atoms with van der Waals surface area (Å²) in [5.74, 6) is -0.203. The molecule has 1 aliphatic rings. The third-order valence-corrected chi connectivity index (χ3v) is 7.59. The number of aromatic nitrogens is 1. The predicted octanol–water partition coefficient (Wildman–Crippen LogP) is 7.55. The monoisotopic (exact) mass is 544 g/mol. The lowest BCUT2D eigenvalue weighted by Crippen LogP contribution is -2.39. The molecule has 40 heavy (non-hydrogen) atoms. The molecular formula is C34H44N2O4. The Morgan fingerprint density at radius 3 is 2.35 bits per heavy atom. The molecule has 1 aliphatic heterocycles. The van der Waals surface area contributed by atoms with E-state index < -0.39 is 17.7 Å². The summed E-state index contributed by atoms with van der Waals surface area (Å²) in [6.07, 6.45) is 3.64. The van der Waals surface area contributed by atoms with Crippen LogP contribution in [-0.2, 0) is 16.0 Å². The van der Waals surface area contributed by atoms with E-state index in [-0.39, 0.29) is 5.41 Å². The maximum absolute atomic E-state index is 12.6. The number of aryl methyl sites for hydroxylation is 2. The van der Waals surface area contributed by atoms with E-state index >= 15 is 0 Å². The molecule has 2 aromatic carbocycles. The molecule has 1 fully saturated rings. The average Bonchev–Trinajstić information content (AvgIpc) is 2.87. The van der Waals surface area contributed by atoms with Crippen molar-refractivity contribution in [2.24, 2.45) is 5.41 Å². The minimum Gasteiger partial charge on any atom is -0.493 e. The smallest absolute Gasteiger partial charge is 0.337 e. The second-order valence-corrected chi connectivity index (χ2v) is 12.7. The van der Waals surface area contributed by atoms with Crippen LogP contribution in [0, 0.1) is 19.3 Å². The van der Waals surface area contributed by atoms with Crippen molar-refractivity contribution in [2.45, 2.75) is 79.4 Å². The van der Waals surface area contributed by atoms with Crippen LogP contribution >= 0.6 is 0 Å². The Balaban J connectivity index is 1.67. The fourth-order valence-electron chi connectivity index (χ4n) is 5.28. The van der Waals surface area contributed by atoms with Crippen LogP contribution in [0.15, 0.2) is 54.7 Å². The second kappa shape index (κ2) is 12.0. The lowest BCUT2D eigenvalue weighted by atomic mass is 9.82. The van der Waals surface area contributed by atoms with Crippen molar-refractivity contribution in [1.82, 2.24) is 4.98 Å². The van der Waals surface area contributed by atoms with E-state index in [1.165, 1.54) is 11.1 Å². The lowest BCUT2D eigenvalue weighted by Gasteiger charge is -2.41. The van der Waals surface area contributed by atoms with E-state index in [4.69, 9.17) is 9.47 Å². The Hall–Kier alpha value is -3.38. The Morgan fingerprint density at radius 2 is 1.75 bits per heavy atom. The highest BCUT2D eigenvalue weighted by atomic mass is 16.5. The lowest BCUT2D eigenvalue weighted by molar-refractivity contribution is -0.160. The van der Waals surface area contributed by atoms with Gasteiger partial charge in [-0.3, -0.25) is 4.98 Å². The molecule has 6 heteroatoms. The molecule has 214 valence electrons. The van der Waals surface area contributed by atoms with Crippen molar-refractivity contribution in [3.05, 3.63) is 77.1 Å². The summed E-state index contributed by atoms with van der Waals surface area (Å²) < 4.78 is 12.2. The van der Waals surface area contributed by atoms with Gasteiger partial charge in [0.2, 0.25) is 0 Å². The number of carbonyl (C=O) groups is 1. The number of ether oxygens (including phenoxy) is 2. The van der Waals surface area contributed by atoms with Crippen LogP contribution in [-0.4, -0.2) is 41.4 Å². The standard InChI is InChI=1S/C34H44N2O4/c1-23-9-8-10-25(21-23)15-20-39-27-13-11-26(12-14-27)28-22-35-24(2)29(31(32(37)38)40-33(3,4)5)30(28)36-18-16-34(6,7)17-19-36/h8-14,21-22,31H,15-20H2,1-7H3,(H,37,38)/t31-/m0/s1. The number of pyridine rings is 1.